The predicted octanol–water partition coefficient (Wildman–Crippen LogP) is -0.155. The standard InChI is InChI=1S/C8H15N3O/c1-11-8(2-4-10-11)7(6-9)3-5-12/h2,4,7,12H,3,5-6,9H2,1H3. The van der Waals surface area contributed by atoms with Gasteiger partial charge in [0.05, 0.1) is 0 Å². The largest absolute Gasteiger partial charge is 0.396 e. The molecule has 1 rings (SSSR count). The highest BCUT2D eigenvalue weighted by atomic mass is 16.3. The fourth-order valence-electron chi connectivity index (χ4n) is 1.33. The Morgan fingerprint density at radius 1 is 1.75 bits per heavy atom. The van der Waals surface area contributed by atoms with Crippen molar-refractivity contribution < 1.29 is 5.11 Å². The minimum absolute atomic E-state index is 0.174. The first-order chi connectivity index (χ1) is 5.79. The molecule has 4 heteroatoms. The van der Waals surface area contributed by atoms with Crippen molar-refractivity contribution in [3.05, 3.63) is 18.0 Å². The first-order valence-electron chi connectivity index (χ1n) is 4.08. The number of rotatable bonds is 4. The first kappa shape index (κ1) is 9.22. The maximum atomic E-state index is 8.77. The van der Waals surface area contributed by atoms with Gasteiger partial charge in [-0.25, -0.2) is 0 Å². The molecule has 3 N–H and O–H groups in total. The van der Waals surface area contributed by atoms with Crippen LogP contribution in [0, 0.1) is 0 Å². The topological polar surface area (TPSA) is 64.1 Å². The molecule has 0 aromatic carbocycles. The second-order valence-electron chi connectivity index (χ2n) is 2.82. The van der Waals surface area contributed by atoms with E-state index in [1.165, 1.54) is 0 Å². The van der Waals surface area contributed by atoms with Crippen LogP contribution in [0.25, 0.3) is 0 Å². The van der Waals surface area contributed by atoms with Gasteiger partial charge < -0.3 is 10.8 Å². The van der Waals surface area contributed by atoms with Crippen molar-refractivity contribution in [3.63, 3.8) is 0 Å². The van der Waals surface area contributed by atoms with Gasteiger partial charge in [0.15, 0.2) is 0 Å². The third-order valence-corrected chi connectivity index (χ3v) is 2.04. The summed E-state index contributed by atoms with van der Waals surface area (Å²) in [6, 6.07) is 1.94. The predicted molar refractivity (Wildman–Crippen MR) is 46.7 cm³/mol. The number of hydrogen-bond acceptors (Lipinski definition) is 3. The highest BCUT2D eigenvalue weighted by Crippen LogP contribution is 2.16. The quantitative estimate of drug-likeness (QED) is 0.658. The number of aryl methyl sites for hydroxylation is 1. The van der Waals surface area contributed by atoms with Crippen molar-refractivity contribution in [2.45, 2.75) is 12.3 Å². The van der Waals surface area contributed by atoms with Crippen molar-refractivity contribution in [2.75, 3.05) is 13.2 Å². The molecule has 1 unspecified atom stereocenters. The third kappa shape index (κ3) is 1.84. The van der Waals surface area contributed by atoms with Gasteiger partial charge in [0.2, 0.25) is 0 Å². The molecule has 4 nitrogen and oxygen atoms in total. The van der Waals surface area contributed by atoms with E-state index in [1.54, 1.807) is 10.9 Å². The zero-order valence-electron chi connectivity index (χ0n) is 7.27. The van der Waals surface area contributed by atoms with Crippen molar-refractivity contribution >= 4 is 0 Å². The van der Waals surface area contributed by atoms with Crippen LogP contribution >= 0.6 is 0 Å². The molecular formula is C8H15N3O. The molecule has 0 aliphatic carbocycles. The number of nitrogens with two attached hydrogens (primary N) is 1. The minimum Gasteiger partial charge on any atom is -0.396 e. The molecule has 0 saturated heterocycles. The Labute approximate surface area is 72.0 Å². The molecule has 0 saturated carbocycles. The summed E-state index contributed by atoms with van der Waals surface area (Å²) in [5, 5.41) is 12.8. The molecule has 1 heterocycles. The lowest BCUT2D eigenvalue weighted by Crippen LogP contribution is -2.16. The summed E-state index contributed by atoms with van der Waals surface area (Å²) in [7, 11) is 1.88. The van der Waals surface area contributed by atoms with Crippen molar-refractivity contribution in [1.82, 2.24) is 9.78 Å². The van der Waals surface area contributed by atoms with E-state index in [-0.39, 0.29) is 12.5 Å². The average molecular weight is 169 g/mol. The average Bonchev–Trinajstić information content (AvgIpc) is 2.47. The molecule has 0 aliphatic rings. The Morgan fingerprint density at radius 3 is 2.92 bits per heavy atom. The summed E-state index contributed by atoms with van der Waals surface area (Å²) >= 11 is 0. The summed E-state index contributed by atoms with van der Waals surface area (Å²) < 4.78 is 1.80. The molecule has 0 fully saturated rings. The van der Waals surface area contributed by atoms with Crippen molar-refractivity contribution in [2.24, 2.45) is 12.8 Å². The molecule has 1 atom stereocenters. The van der Waals surface area contributed by atoms with Crippen LogP contribution in [0.1, 0.15) is 18.0 Å². The van der Waals surface area contributed by atoms with Crippen LogP contribution in [0.4, 0.5) is 0 Å². The van der Waals surface area contributed by atoms with Crippen LogP contribution in [0.3, 0.4) is 0 Å². The molecule has 0 bridgehead atoms. The summed E-state index contributed by atoms with van der Waals surface area (Å²) in [4.78, 5) is 0. The van der Waals surface area contributed by atoms with Crippen LogP contribution in [0.5, 0.6) is 0 Å². The SMILES string of the molecule is Cn1nccc1C(CN)CCO. The lowest BCUT2D eigenvalue weighted by molar-refractivity contribution is 0.274. The number of hydrogen-bond donors (Lipinski definition) is 2. The van der Waals surface area contributed by atoms with Gasteiger partial charge >= 0.3 is 0 Å². The van der Waals surface area contributed by atoms with Crippen LogP contribution in [0.15, 0.2) is 12.3 Å². The molecule has 0 radical (unpaired) electrons. The summed E-state index contributed by atoms with van der Waals surface area (Å²) in [6.07, 6.45) is 2.45. The van der Waals surface area contributed by atoms with Crippen LogP contribution in [-0.2, 0) is 7.05 Å². The smallest absolute Gasteiger partial charge is 0.0492 e. The maximum Gasteiger partial charge on any atom is 0.0492 e. The fourth-order valence-corrected chi connectivity index (χ4v) is 1.33. The van der Waals surface area contributed by atoms with E-state index in [4.69, 9.17) is 10.8 Å². The van der Waals surface area contributed by atoms with Gasteiger partial charge in [0.25, 0.3) is 0 Å². The highest BCUT2D eigenvalue weighted by molar-refractivity contribution is 5.07. The molecular weight excluding hydrogens is 154 g/mol. The van der Waals surface area contributed by atoms with E-state index in [0.29, 0.717) is 13.0 Å². The molecule has 1 aromatic heterocycles. The van der Waals surface area contributed by atoms with E-state index in [9.17, 15) is 0 Å². The third-order valence-electron chi connectivity index (χ3n) is 2.04. The van der Waals surface area contributed by atoms with E-state index >= 15 is 0 Å². The molecule has 0 spiro atoms. The summed E-state index contributed by atoms with van der Waals surface area (Å²) in [5.41, 5.74) is 6.66. The van der Waals surface area contributed by atoms with Crippen LogP contribution in [0.2, 0.25) is 0 Å². The zero-order chi connectivity index (χ0) is 8.97. The van der Waals surface area contributed by atoms with Gasteiger partial charge in [-0.3, -0.25) is 4.68 Å². The normalized spacial score (nSPS) is 13.2. The summed E-state index contributed by atoms with van der Waals surface area (Å²) in [5.74, 6) is 0.225. The van der Waals surface area contributed by atoms with E-state index in [2.05, 4.69) is 5.10 Å². The van der Waals surface area contributed by atoms with E-state index in [0.717, 1.165) is 5.69 Å². The van der Waals surface area contributed by atoms with Gasteiger partial charge in [-0.1, -0.05) is 0 Å². The van der Waals surface area contributed by atoms with Crippen LogP contribution in [-0.4, -0.2) is 28.0 Å². The Balaban J connectivity index is 2.72. The number of aliphatic hydroxyl groups is 1. The Bertz CT molecular complexity index is 234. The second-order valence-corrected chi connectivity index (χ2v) is 2.82. The van der Waals surface area contributed by atoms with Crippen molar-refractivity contribution in [1.29, 1.82) is 0 Å². The lowest BCUT2D eigenvalue weighted by atomic mass is 10.0. The fraction of sp³-hybridized carbons (Fsp3) is 0.625. The van der Waals surface area contributed by atoms with E-state index in [1.807, 2.05) is 13.1 Å². The Kier molecular flexibility index (Phi) is 3.25. The molecule has 12 heavy (non-hydrogen) atoms. The zero-order valence-corrected chi connectivity index (χ0v) is 7.27. The molecule has 0 aliphatic heterocycles. The van der Waals surface area contributed by atoms with Gasteiger partial charge in [-0.15, -0.1) is 0 Å². The summed E-state index contributed by atoms with van der Waals surface area (Å²) in [6.45, 7) is 0.729. The monoisotopic (exact) mass is 169 g/mol. The van der Waals surface area contributed by atoms with Gasteiger partial charge in [0.1, 0.15) is 0 Å². The van der Waals surface area contributed by atoms with E-state index < -0.39 is 0 Å². The Morgan fingerprint density at radius 2 is 2.50 bits per heavy atom. The second kappa shape index (κ2) is 4.23. The minimum atomic E-state index is 0.174. The van der Waals surface area contributed by atoms with Crippen LogP contribution < -0.4 is 5.73 Å². The molecule has 1 aromatic rings. The number of aromatic nitrogens is 2. The number of aliphatic hydroxyl groups excluding tert-OH is 1. The first-order valence-corrected chi connectivity index (χ1v) is 4.08. The highest BCUT2D eigenvalue weighted by Gasteiger charge is 2.11. The molecule has 68 valence electrons. The van der Waals surface area contributed by atoms with Gasteiger partial charge in [-0.05, 0) is 12.5 Å². The van der Waals surface area contributed by atoms with Gasteiger partial charge in [-0.2, -0.15) is 5.10 Å². The Hall–Kier alpha value is -0.870. The van der Waals surface area contributed by atoms with Crippen molar-refractivity contribution in [3.8, 4) is 0 Å². The lowest BCUT2D eigenvalue weighted by Gasteiger charge is -2.12. The van der Waals surface area contributed by atoms with Gasteiger partial charge in [0, 0.05) is 38.0 Å². The maximum absolute atomic E-state index is 8.77. The molecule has 0 amide bonds. The number of nitrogens with zero attached hydrogens (tertiary/aromatic N) is 2.